The number of piperidine rings is 1. The van der Waals surface area contributed by atoms with E-state index in [-0.39, 0.29) is 18.1 Å². The van der Waals surface area contributed by atoms with Crippen molar-refractivity contribution in [3.8, 4) is 0 Å². The number of aryl methyl sites for hydroxylation is 1. The Morgan fingerprint density at radius 2 is 1.97 bits per heavy atom. The number of nitrogens with zero attached hydrogens (tertiary/aromatic N) is 7. The number of hydrogen-bond donors (Lipinski definition) is 1. The Kier molecular flexibility index (Phi) is 4.66. The zero-order chi connectivity index (χ0) is 20.7. The van der Waals surface area contributed by atoms with Crippen LogP contribution in [0.5, 0.6) is 0 Å². The van der Waals surface area contributed by atoms with Crippen molar-refractivity contribution >= 4 is 28.0 Å². The van der Waals surface area contributed by atoms with Crippen LogP contribution in [-0.4, -0.2) is 48.4 Å². The molecule has 0 radical (unpaired) electrons. The summed E-state index contributed by atoms with van der Waals surface area (Å²) in [5, 5.41) is 4.35. The van der Waals surface area contributed by atoms with Crippen molar-refractivity contribution in [2.45, 2.75) is 38.9 Å². The lowest BCUT2D eigenvalue weighted by atomic mass is 10.1. The first-order valence-electron chi connectivity index (χ1n) is 10.3. The first-order valence-corrected chi connectivity index (χ1v) is 10.3. The quantitative estimate of drug-likeness (QED) is 0.549. The number of imidazole rings is 1. The van der Waals surface area contributed by atoms with Crippen molar-refractivity contribution < 1.29 is 0 Å². The minimum atomic E-state index is -0.177. The third-order valence-corrected chi connectivity index (χ3v) is 5.60. The summed E-state index contributed by atoms with van der Waals surface area (Å²) in [6, 6.07) is 7.80. The average Bonchev–Trinajstić information content (AvgIpc) is 3.15. The molecule has 0 bridgehead atoms. The molecule has 1 aromatic carbocycles. The van der Waals surface area contributed by atoms with Crippen LogP contribution in [0.15, 0.2) is 41.5 Å². The smallest absolute Gasteiger partial charge is 0.293 e. The van der Waals surface area contributed by atoms with Gasteiger partial charge in [-0.2, -0.15) is 5.10 Å². The fourth-order valence-electron chi connectivity index (χ4n) is 4.14. The first-order chi connectivity index (χ1) is 14.6. The van der Waals surface area contributed by atoms with Crippen LogP contribution in [0.3, 0.4) is 0 Å². The standard InChI is InChI=1S/C21H24N8O/c1-2-28-19-18(26-21(28)27-9-5-6-14(22)12-27)11-24-29(20(19)30)13-15-10-23-16-7-3-4-8-17(16)25-15/h3-4,7-8,10-11,14H,2,5-6,9,12-13,22H2,1H3/t14-/m1/s1. The molecule has 0 aliphatic carbocycles. The zero-order valence-corrected chi connectivity index (χ0v) is 16.9. The number of fused-ring (bicyclic) bond motifs is 2. The van der Waals surface area contributed by atoms with Crippen LogP contribution in [0.1, 0.15) is 25.5 Å². The molecule has 0 saturated carbocycles. The molecule has 30 heavy (non-hydrogen) atoms. The Hall–Kier alpha value is -3.33. The molecule has 9 nitrogen and oxygen atoms in total. The molecule has 0 amide bonds. The van der Waals surface area contributed by atoms with Gasteiger partial charge in [0.15, 0.2) is 0 Å². The minimum Gasteiger partial charge on any atom is -0.341 e. The van der Waals surface area contributed by atoms with Crippen molar-refractivity contribution in [3.63, 3.8) is 0 Å². The maximum atomic E-state index is 13.3. The van der Waals surface area contributed by atoms with Crippen molar-refractivity contribution in [1.82, 2.24) is 29.3 Å². The van der Waals surface area contributed by atoms with Gasteiger partial charge in [-0.25, -0.2) is 14.6 Å². The number of aromatic nitrogens is 6. The van der Waals surface area contributed by atoms with E-state index in [1.807, 2.05) is 35.8 Å². The van der Waals surface area contributed by atoms with E-state index in [1.54, 1.807) is 12.4 Å². The summed E-state index contributed by atoms with van der Waals surface area (Å²) in [4.78, 5) is 29.2. The van der Waals surface area contributed by atoms with E-state index in [9.17, 15) is 4.79 Å². The normalized spacial score (nSPS) is 17.1. The van der Waals surface area contributed by atoms with Gasteiger partial charge in [0.05, 0.1) is 35.7 Å². The van der Waals surface area contributed by atoms with Gasteiger partial charge in [-0.15, -0.1) is 0 Å². The summed E-state index contributed by atoms with van der Waals surface area (Å²) < 4.78 is 3.40. The highest BCUT2D eigenvalue weighted by atomic mass is 16.1. The third-order valence-electron chi connectivity index (χ3n) is 5.60. The molecule has 1 aliphatic heterocycles. The Bertz CT molecular complexity index is 1280. The number of nitrogens with two attached hydrogens (primary N) is 1. The third kappa shape index (κ3) is 3.21. The highest BCUT2D eigenvalue weighted by molar-refractivity contribution is 5.77. The van der Waals surface area contributed by atoms with Gasteiger partial charge in [0.25, 0.3) is 5.56 Å². The molecule has 1 atom stereocenters. The fraction of sp³-hybridized carbons (Fsp3) is 0.381. The Morgan fingerprint density at radius 1 is 1.13 bits per heavy atom. The molecule has 9 heteroatoms. The van der Waals surface area contributed by atoms with E-state index >= 15 is 0 Å². The summed E-state index contributed by atoms with van der Waals surface area (Å²) in [6.45, 7) is 4.56. The zero-order valence-electron chi connectivity index (χ0n) is 16.9. The first kappa shape index (κ1) is 18.7. The van der Waals surface area contributed by atoms with Gasteiger partial charge < -0.3 is 15.2 Å². The lowest BCUT2D eigenvalue weighted by molar-refractivity contribution is 0.494. The maximum absolute atomic E-state index is 13.3. The predicted molar refractivity (Wildman–Crippen MR) is 116 cm³/mol. The van der Waals surface area contributed by atoms with E-state index in [1.165, 1.54) is 4.68 Å². The summed E-state index contributed by atoms with van der Waals surface area (Å²) in [7, 11) is 0. The molecular formula is C21H24N8O. The molecule has 154 valence electrons. The Balaban J connectivity index is 1.55. The van der Waals surface area contributed by atoms with Crippen LogP contribution in [0.4, 0.5) is 5.95 Å². The monoisotopic (exact) mass is 404 g/mol. The molecule has 3 aromatic heterocycles. The number of hydrogen-bond acceptors (Lipinski definition) is 7. The Labute approximate surface area is 173 Å². The van der Waals surface area contributed by atoms with Crippen molar-refractivity contribution in [3.05, 3.63) is 52.7 Å². The van der Waals surface area contributed by atoms with Gasteiger partial charge in [0.2, 0.25) is 5.95 Å². The van der Waals surface area contributed by atoms with Gasteiger partial charge in [-0.05, 0) is 31.9 Å². The summed E-state index contributed by atoms with van der Waals surface area (Å²) in [5.41, 5.74) is 9.46. The second kappa shape index (κ2) is 7.49. The highest BCUT2D eigenvalue weighted by Crippen LogP contribution is 2.23. The van der Waals surface area contributed by atoms with Crippen LogP contribution in [0.2, 0.25) is 0 Å². The second-order valence-electron chi connectivity index (χ2n) is 7.70. The van der Waals surface area contributed by atoms with Crippen molar-refractivity contribution in [2.24, 2.45) is 5.73 Å². The molecule has 5 rings (SSSR count). The highest BCUT2D eigenvalue weighted by Gasteiger charge is 2.24. The maximum Gasteiger partial charge on any atom is 0.293 e. The second-order valence-corrected chi connectivity index (χ2v) is 7.70. The molecule has 2 N–H and O–H groups in total. The number of anilines is 1. The van der Waals surface area contributed by atoms with E-state index in [2.05, 4.69) is 20.0 Å². The number of rotatable bonds is 4. The largest absolute Gasteiger partial charge is 0.341 e. The van der Waals surface area contributed by atoms with Crippen LogP contribution >= 0.6 is 0 Å². The predicted octanol–water partition coefficient (Wildman–Crippen LogP) is 1.53. The summed E-state index contributed by atoms with van der Waals surface area (Å²) >= 11 is 0. The molecule has 4 heterocycles. The topological polar surface area (TPSA) is 108 Å². The van der Waals surface area contributed by atoms with Gasteiger partial charge in [0, 0.05) is 25.7 Å². The summed E-state index contributed by atoms with van der Waals surface area (Å²) in [6.07, 6.45) is 5.39. The molecule has 1 fully saturated rings. The molecular weight excluding hydrogens is 380 g/mol. The Morgan fingerprint density at radius 3 is 2.77 bits per heavy atom. The average molecular weight is 404 g/mol. The van der Waals surface area contributed by atoms with Crippen LogP contribution in [0.25, 0.3) is 22.1 Å². The van der Waals surface area contributed by atoms with E-state index in [0.29, 0.717) is 23.3 Å². The fourth-order valence-corrected chi connectivity index (χ4v) is 4.14. The lowest BCUT2D eigenvalue weighted by Crippen LogP contribution is -2.44. The van der Waals surface area contributed by atoms with Crippen molar-refractivity contribution in [1.29, 1.82) is 0 Å². The molecule has 1 aliphatic rings. The SMILES string of the molecule is CCn1c(N2CCC[C@@H](N)C2)nc2cnn(Cc3cnc4ccccc4n3)c(=O)c21. The molecule has 1 saturated heterocycles. The van der Waals surface area contributed by atoms with E-state index in [0.717, 1.165) is 42.9 Å². The molecule has 4 aromatic rings. The van der Waals surface area contributed by atoms with Gasteiger partial charge in [-0.1, -0.05) is 12.1 Å². The van der Waals surface area contributed by atoms with Gasteiger partial charge in [-0.3, -0.25) is 9.78 Å². The molecule has 0 unspecified atom stereocenters. The lowest BCUT2D eigenvalue weighted by Gasteiger charge is -2.31. The summed E-state index contributed by atoms with van der Waals surface area (Å²) in [5.74, 6) is 0.796. The minimum absolute atomic E-state index is 0.130. The van der Waals surface area contributed by atoms with Crippen LogP contribution in [0, 0.1) is 0 Å². The number of para-hydroxylation sites is 2. The van der Waals surface area contributed by atoms with E-state index in [4.69, 9.17) is 10.7 Å². The van der Waals surface area contributed by atoms with Gasteiger partial charge in [0.1, 0.15) is 11.0 Å². The van der Waals surface area contributed by atoms with Gasteiger partial charge >= 0.3 is 0 Å². The van der Waals surface area contributed by atoms with Crippen LogP contribution < -0.4 is 16.2 Å². The van der Waals surface area contributed by atoms with Crippen LogP contribution in [-0.2, 0) is 13.1 Å². The van der Waals surface area contributed by atoms with Crippen molar-refractivity contribution in [2.75, 3.05) is 18.0 Å². The molecule has 0 spiro atoms. The number of benzene rings is 1. The van der Waals surface area contributed by atoms with E-state index < -0.39 is 0 Å².